The molecule has 0 aromatic rings. The third kappa shape index (κ3) is 1.33. The topological polar surface area (TPSA) is 37.3 Å². The van der Waals surface area contributed by atoms with Gasteiger partial charge in [0.1, 0.15) is 6.10 Å². The van der Waals surface area contributed by atoms with Gasteiger partial charge in [0, 0.05) is 5.92 Å². The van der Waals surface area contributed by atoms with Crippen LogP contribution in [0.15, 0.2) is 12.2 Å². The number of carbonyl (C=O) groups excluding carboxylic acids is 1. The zero-order valence-electron chi connectivity index (χ0n) is 7.99. The molecule has 0 heterocycles. The fourth-order valence-electron chi connectivity index (χ4n) is 2.68. The van der Waals surface area contributed by atoms with Crippen molar-refractivity contribution in [3.63, 3.8) is 0 Å². The molecule has 1 fully saturated rings. The van der Waals surface area contributed by atoms with Crippen LogP contribution in [0.2, 0.25) is 0 Å². The van der Waals surface area contributed by atoms with Crippen molar-refractivity contribution >= 4 is 5.78 Å². The minimum Gasteiger partial charge on any atom is -0.385 e. The Bertz CT molecular complexity index is 257. The summed E-state index contributed by atoms with van der Waals surface area (Å²) >= 11 is 0. The second-order valence-electron chi connectivity index (χ2n) is 4.54. The lowest BCUT2D eigenvalue weighted by molar-refractivity contribution is -0.129. The zero-order chi connectivity index (χ0) is 9.47. The van der Waals surface area contributed by atoms with E-state index in [1.54, 1.807) is 6.08 Å². The molecule has 2 aliphatic rings. The molecule has 13 heavy (non-hydrogen) atoms. The van der Waals surface area contributed by atoms with Gasteiger partial charge in [0.05, 0.1) is 0 Å². The van der Waals surface area contributed by atoms with Crippen molar-refractivity contribution in [2.24, 2.45) is 11.3 Å². The van der Waals surface area contributed by atoms with E-state index in [2.05, 4.69) is 6.92 Å². The van der Waals surface area contributed by atoms with Crippen molar-refractivity contribution in [2.75, 3.05) is 0 Å². The Kier molecular flexibility index (Phi) is 2.03. The molecule has 2 heteroatoms. The van der Waals surface area contributed by atoms with Gasteiger partial charge in [0.2, 0.25) is 0 Å². The quantitative estimate of drug-likeness (QED) is 0.616. The maximum atomic E-state index is 11.3. The second kappa shape index (κ2) is 2.95. The molecule has 3 atom stereocenters. The SMILES string of the molecule is C[C@@]12C=CC(=O)C(O)[C@H]1CCCC2. The van der Waals surface area contributed by atoms with Gasteiger partial charge >= 0.3 is 0 Å². The lowest BCUT2D eigenvalue weighted by Crippen LogP contribution is -2.44. The van der Waals surface area contributed by atoms with Crippen LogP contribution in [-0.4, -0.2) is 17.0 Å². The number of carbonyl (C=O) groups is 1. The first kappa shape index (κ1) is 8.95. The Balaban J connectivity index is 2.31. The smallest absolute Gasteiger partial charge is 0.184 e. The first-order valence-electron chi connectivity index (χ1n) is 5.05. The van der Waals surface area contributed by atoms with E-state index >= 15 is 0 Å². The summed E-state index contributed by atoms with van der Waals surface area (Å²) in [6.45, 7) is 2.16. The molecule has 0 saturated heterocycles. The third-order valence-corrected chi connectivity index (χ3v) is 3.63. The summed E-state index contributed by atoms with van der Waals surface area (Å²) in [5, 5.41) is 9.74. The van der Waals surface area contributed by atoms with Gasteiger partial charge in [-0.15, -0.1) is 0 Å². The highest BCUT2D eigenvalue weighted by Gasteiger charge is 2.43. The van der Waals surface area contributed by atoms with Crippen LogP contribution in [0, 0.1) is 11.3 Å². The van der Waals surface area contributed by atoms with Gasteiger partial charge in [-0.1, -0.05) is 25.8 Å². The minimum absolute atomic E-state index is 0.0750. The summed E-state index contributed by atoms with van der Waals surface area (Å²) in [5.74, 6) is 0.0584. The van der Waals surface area contributed by atoms with E-state index in [0.717, 1.165) is 19.3 Å². The van der Waals surface area contributed by atoms with Crippen molar-refractivity contribution in [1.82, 2.24) is 0 Å². The lowest BCUT2D eigenvalue weighted by Gasteiger charge is -2.43. The van der Waals surface area contributed by atoms with Crippen molar-refractivity contribution in [2.45, 2.75) is 38.7 Å². The number of aliphatic hydroxyl groups excluding tert-OH is 1. The summed E-state index contributed by atoms with van der Waals surface area (Å²) in [4.78, 5) is 11.3. The van der Waals surface area contributed by atoms with E-state index in [4.69, 9.17) is 0 Å². The molecular weight excluding hydrogens is 164 g/mol. The Morgan fingerprint density at radius 2 is 2.31 bits per heavy atom. The molecule has 1 N–H and O–H groups in total. The predicted molar refractivity (Wildman–Crippen MR) is 50.2 cm³/mol. The summed E-state index contributed by atoms with van der Waals surface area (Å²) in [6.07, 6.45) is 7.30. The van der Waals surface area contributed by atoms with Gasteiger partial charge in [0.25, 0.3) is 0 Å². The Labute approximate surface area is 78.6 Å². The average molecular weight is 180 g/mol. The van der Waals surface area contributed by atoms with Crippen LogP contribution in [0.3, 0.4) is 0 Å². The fraction of sp³-hybridized carbons (Fsp3) is 0.727. The van der Waals surface area contributed by atoms with E-state index in [9.17, 15) is 9.90 Å². The van der Waals surface area contributed by atoms with Gasteiger partial charge in [0.15, 0.2) is 5.78 Å². The molecule has 72 valence electrons. The Morgan fingerprint density at radius 1 is 1.54 bits per heavy atom. The maximum Gasteiger partial charge on any atom is 0.184 e. The number of ketones is 1. The molecular formula is C11H16O2. The molecule has 0 aromatic heterocycles. The summed E-state index contributed by atoms with van der Waals surface area (Å²) in [5.41, 5.74) is 0.0750. The fourth-order valence-corrected chi connectivity index (χ4v) is 2.68. The van der Waals surface area contributed by atoms with E-state index in [1.165, 1.54) is 6.42 Å². The minimum atomic E-state index is -0.740. The molecule has 0 spiro atoms. The Hall–Kier alpha value is -0.630. The number of aliphatic hydroxyl groups is 1. The number of hydrogen-bond donors (Lipinski definition) is 1. The summed E-state index contributed by atoms with van der Waals surface area (Å²) in [6, 6.07) is 0. The van der Waals surface area contributed by atoms with Crippen LogP contribution in [0.5, 0.6) is 0 Å². The zero-order valence-corrected chi connectivity index (χ0v) is 7.99. The van der Waals surface area contributed by atoms with Crippen LogP contribution in [-0.2, 0) is 4.79 Å². The van der Waals surface area contributed by atoms with Crippen molar-refractivity contribution in [3.05, 3.63) is 12.2 Å². The van der Waals surface area contributed by atoms with Gasteiger partial charge in [-0.05, 0) is 24.3 Å². The summed E-state index contributed by atoms with van der Waals surface area (Å²) in [7, 11) is 0. The first-order chi connectivity index (χ1) is 6.13. The van der Waals surface area contributed by atoms with E-state index < -0.39 is 6.10 Å². The highest BCUT2D eigenvalue weighted by atomic mass is 16.3. The molecule has 2 rings (SSSR count). The average Bonchev–Trinajstić information content (AvgIpc) is 2.12. The maximum absolute atomic E-state index is 11.3. The largest absolute Gasteiger partial charge is 0.385 e. The lowest BCUT2D eigenvalue weighted by atomic mass is 9.62. The monoisotopic (exact) mass is 180 g/mol. The molecule has 1 saturated carbocycles. The van der Waals surface area contributed by atoms with Crippen molar-refractivity contribution < 1.29 is 9.90 Å². The van der Waals surface area contributed by atoms with Crippen LogP contribution in [0.4, 0.5) is 0 Å². The van der Waals surface area contributed by atoms with Gasteiger partial charge in [-0.2, -0.15) is 0 Å². The molecule has 0 radical (unpaired) electrons. The molecule has 0 aliphatic heterocycles. The van der Waals surface area contributed by atoms with Gasteiger partial charge in [-0.25, -0.2) is 0 Å². The highest BCUT2D eigenvalue weighted by Crippen LogP contribution is 2.46. The van der Waals surface area contributed by atoms with Crippen LogP contribution in [0.25, 0.3) is 0 Å². The van der Waals surface area contributed by atoms with Gasteiger partial charge in [-0.3, -0.25) is 4.79 Å². The summed E-state index contributed by atoms with van der Waals surface area (Å²) < 4.78 is 0. The normalized spacial score (nSPS) is 44.6. The second-order valence-corrected chi connectivity index (χ2v) is 4.54. The number of hydrogen-bond acceptors (Lipinski definition) is 2. The van der Waals surface area contributed by atoms with E-state index in [-0.39, 0.29) is 17.1 Å². The standard InChI is InChI=1S/C11H16O2/c1-11-6-3-2-4-8(11)10(13)9(12)5-7-11/h5,7-8,10,13H,2-4,6H2,1H3/t8-,10?,11-/m1/s1. The molecule has 0 aromatic carbocycles. The van der Waals surface area contributed by atoms with Crippen molar-refractivity contribution in [3.8, 4) is 0 Å². The van der Waals surface area contributed by atoms with E-state index in [1.807, 2.05) is 6.08 Å². The highest BCUT2D eigenvalue weighted by molar-refractivity contribution is 5.94. The number of fused-ring (bicyclic) bond motifs is 1. The van der Waals surface area contributed by atoms with Crippen LogP contribution in [0.1, 0.15) is 32.6 Å². The molecule has 0 amide bonds. The molecule has 1 unspecified atom stereocenters. The number of rotatable bonds is 0. The first-order valence-corrected chi connectivity index (χ1v) is 5.05. The molecule has 0 bridgehead atoms. The van der Waals surface area contributed by atoms with Gasteiger partial charge < -0.3 is 5.11 Å². The number of allylic oxidation sites excluding steroid dienone is 1. The Morgan fingerprint density at radius 3 is 3.08 bits per heavy atom. The van der Waals surface area contributed by atoms with Crippen molar-refractivity contribution in [1.29, 1.82) is 0 Å². The molecule has 2 nitrogen and oxygen atoms in total. The van der Waals surface area contributed by atoms with Crippen LogP contribution >= 0.6 is 0 Å². The van der Waals surface area contributed by atoms with E-state index in [0.29, 0.717) is 0 Å². The third-order valence-electron chi connectivity index (χ3n) is 3.63. The van der Waals surface area contributed by atoms with Crippen LogP contribution < -0.4 is 0 Å². The molecule has 2 aliphatic carbocycles. The predicted octanol–water partition coefficient (Wildman–Crippen LogP) is 1.68.